The van der Waals surface area contributed by atoms with Crippen LogP contribution in [0.3, 0.4) is 0 Å². The molecular weight excluding hydrogens is 413 g/mol. The predicted octanol–water partition coefficient (Wildman–Crippen LogP) is 3.42. The topological polar surface area (TPSA) is 90.5 Å². The van der Waals surface area contributed by atoms with Gasteiger partial charge in [-0.3, -0.25) is 4.79 Å². The second-order valence-corrected chi connectivity index (χ2v) is 6.89. The number of aromatic nitrogens is 4. The van der Waals surface area contributed by atoms with Crippen LogP contribution in [0.5, 0.6) is 11.6 Å². The number of nitrogens with zero attached hydrogens (tertiary/aromatic N) is 4. The number of amides is 1. The van der Waals surface area contributed by atoms with E-state index in [1.807, 2.05) is 19.1 Å². The zero-order chi connectivity index (χ0) is 21.3. The fourth-order valence-corrected chi connectivity index (χ4v) is 2.89. The summed E-state index contributed by atoms with van der Waals surface area (Å²) in [6.07, 6.45) is 2.81. The van der Waals surface area contributed by atoms with E-state index in [2.05, 4.69) is 15.4 Å². The highest BCUT2D eigenvalue weighted by Gasteiger charge is 2.16. The lowest BCUT2D eigenvalue weighted by Crippen LogP contribution is -2.28. The van der Waals surface area contributed by atoms with Gasteiger partial charge in [-0.05, 0) is 37.3 Å². The van der Waals surface area contributed by atoms with Crippen LogP contribution in [-0.2, 0) is 11.3 Å². The number of aryl methyl sites for hydroxylation is 1. The molecule has 4 rings (SSSR count). The summed E-state index contributed by atoms with van der Waals surface area (Å²) in [7, 11) is 0. The van der Waals surface area contributed by atoms with Crippen LogP contribution in [0.25, 0.3) is 5.65 Å². The van der Waals surface area contributed by atoms with E-state index in [0.717, 1.165) is 16.3 Å². The SMILES string of the molecule is Cc1ccc(Oc2nccn3c(=O)n(CC(=O)Nc4ccc(Cl)cc4F)nc23)cc1. The van der Waals surface area contributed by atoms with Crippen molar-refractivity contribution in [1.82, 2.24) is 19.2 Å². The van der Waals surface area contributed by atoms with Crippen LogP contribution in [0.2, 0.25) is 5.02 Å². The van der Waals surface area contributed by atoms with Crippen LogP contribution in [0.15, 0.2) is 59.7 Å². The summed E-state index contributed by atoms with van der Waals surface area (Å²) in [5, 5.41) is 6.74. The Morgan fingerprint density at radius 2 is 2.00 bits per heavy atom. The monoisotopic (exact) mass is 427 g/mol. The smallest absolute Gasteiger partial charge is 0.351 e. The number of hydrogen-bond acceptors (Lipinski definition) is 5. The number of halogens is 2. The van der Waals surface area contributed by atoms with Gasteiger partial charge in [0.15, 0.2) is 0 Å². The zero-order valence-electron chi connectivity index (χ0n) is 15.7. The van der Waals surface area contributed by atoms with E-state index in [4.69, 9.17) is 16.3 Å². The fourth-order valence-electron chi connectivity index (χ4n) is 2.74. The van der Waals surface area contributed by atoms with Gasteiger partial charge in [-0.15, -0.1) is 5.10 Å². The summed E-state index contributed by atoms with van der Waals surface area (Å²) in [4.78, 5) is 29.0. The molecule has 0 unspecified atom stereocenters. The van der Waals surface area contributed by atoms with Crippen LogP contribution >= 0.6 is 11.6 Å². The van der Waals surface area contributed by atoms with Crippen LogP contribution in [0.1, 0.15) is 5.56 Å². The molecule has 1 N–H and O–H groups in total. The van der Waals surface area contributed by atoms with Crippen LogP contribution < -0.4 is 15.7 Å². The second-order valence-electron chi connectivity index (χ2n) is 6.45. The first-order valence-corrected chi connectivity index (χ1v) is 9.22. The molecule has 4 aromatic rings. The highest BCUT2D eigenvalue weighted by atomic mass is 35.5. The molecule has 2 aromatic carbocycles. The first-order valence-electron chi connectivity index (χ1n) is 8.84. The van der Waals surface area contributed by atoms with Crippen molar-refractivity contribution in [3.05, 3.63) is 81.7 Å². The number of anilines is 1. The highest BCUT2D eigenvalue weighted by molar-refractivity contribution is 6.30. The van der Waals surface area contributed by atoms with E-state index in [1.54, 1.807) is 12.1 Å². The van der Waals surface area contributed by atoms with Crippen molar-refractivity contribution in [3.63, 3.8) is 0 Å². The van der Waals surface area contributed by atoms with Gasteiger partial charge in [0.25, 0.3) is 5.88 Å². The van der Waals surface area contributed by atoms with Gasteiger partial charge in [-0.2, -0.15) is 0 Å². The lowest BCUT2D eigenvalue weighted by Gasteiger charge is -2.06. The molecule has 30 heavy (non-hydrogen) atoms. The van der Waals surface area contributed by atoms with Crippen LogP contribution in [0, 0.1) is 12.7 Å². The van der Waals surface area contributed by atoms with Crippen molar-refractivity contribution in [2.45, 2.75) is 13.5 Å². The minimum Gasteiger partial charge on any atom is -0.436 e. The molecule has 2 aromatic heterocycles. The van der Waals surface area contributed by atoms with Gasteiger partial charge in [-0.1, -0.05) is 29.3 Å². The van der Waals surface area contributed by atoms with Gasteiger partial charge in [0.1, 0.15) is 18.1 Å². The molecule has 0 spiro atoms. The normalized spacial score (nSPS) is 10.9. The maximum atomic E-state index is 13.9. The Morgan fingerprint density at radius 3 is 2.73 bits per heavy atom. The zero-order valence-corrected chi connectivity index (χ0v) is 16.4. The first-order chi connectivity index (χ1) is 14.4. The molecule has 2 heterocycles. The molecule has 8 nitrogen and oxygen atoms in total. The van der Waals surface area contributed by atoms with Crippen molar-refractivity contribution >= 4 is 28.8 Å². The molecule has 0 aliphatic heterocycles. The van der Waals surface area contributed by atoms with E-state index in [-0.39, 0.29) is 22.2 Å². The number of benzene rings is 2. The quantitative estimate of drug-likeness (QED) is 0.527. The summed E-state index contributed by atoms with van der Waals surface area (Å²) in [6.45, 7) is 1.53. The lowest BCUT2D eigenvalue weighted by atomic mass is 10.2. The molecule has 0 aliphatic carbocycles. The van der Waals surface area contributed by atoms with Crippen molar-refractivity contribution in [2.75, 3.05) is 5.32 Å². The van der Waals surface area contributed by atoms with Crippen LogP contribution in [0.4, 0.5) is 10.1 Å². The molecule has 152 valence electrons. The Bertz CT molecular complexity index is 1300. The number of hydrogen-bond donors (Lipinski definition) is 1. The Morgan fingerprint density at radius 1 is 1.23 bits per heavy atom. The molecule has 10 heteroatoms. The van der Waals surface area contributed by atoms with E-state index >= 15 is 0 Å². The molecule has 0 radical (unpaired) electrons. The van der Waals surface area contributed by atoms with E-state index in [0.29, 0.717) is 5.75 Å². The number of ether oxygens (including phenoxy) is 1. The number of fused-ring (bicyclic) bond motifs is 1. The summed E-state index contributed by atoms with van der Waals surface area (Å²) in [5.41, 5.74) is 0.602. The number of carbonyl (C=O) groups excluding carboxylic acids is 1. The van der Waals surface area contributed by atoms with E-state index < -0.39 is 24.0 Å². The molecular formula is C20H15ClFN5O3. The third-order valence-corrected chi connectivity index (χ3v) is 4.44. The molecule has 0 bridgehead atoms. The van der Waals surface area contributed by atoms with Crippen LogP contribution in [-0.4, -0.2) is 25.1 Å². The first kappa shape index (κ1) is 19.6. The fraction of sp³-hybridized carbons (Fsp3) is 0.100. The summed E-state index contributed by atoms with van der Waals surface area (Å²) < 4.78 is 21.8. The van der Waals surface area contributed by atoms with Gasteiger partial charge in [0.2, 0.25) is 11.6 Å². The Balaban J connectivity index is 1.59. The molecule has 0 atom stereocenters. The third-order valence-electron chi connectivity index (χ3n) is 4.20. The largest absolute Gasteiger partial charge is 0.436 e. The van der Waals surface area contributed by atoms with E-state index in [9.17, 15) is 14.0 Å². The van der Waals surface area contributed by atoms with E-state index in [1.165, 1.54) is 28.9 Å². The predicted molar refractivity (Wildman–Crippen MR) is 109 cm³/mol. The molecule has 0 saturated carbocycles. The number of carbonyl (C=O) groups is 1. The number of rotatable bonds is 5. The Labute approximate surface area is 174 Å². The average Bonchev–Trinajstić information content (AvgIpc) is 3.02. The van der Waals surface area contributed by atoms with Crippen molar-refractivity contribution in [3.8, 4) is 11.6 Å². The van der Waals surface area contributed by atoms with Gasteiger partial charge in [-0.25, -0.2) is 23.3 Å². The van der Waals surface area contributed by atoms with Crippen molar-refractivity contribution in [1.29, 1.82) is 0 Å². The minimum atomic E-state index is -0.684. The van der Waals surface area contributed by atoms with Gasteiger partial charge in [0, 0.05) is 17.4 Å². The second kappa shape index (κ2) is 7.96. The summed E-state index contributed by atoms with van der Waals surface area (Å²) in [6, 6.07) is 11.1. The van der Waals surface area contributed by atoms with Gasteiger partial charge in [0.05, 0.1) is 5.69 Å². The Kier molecular flexibility index (Phi) is 5.20. The molecule has 0 saturated heterocycles. The van der Waals surface area contributed by atoms with Crippen molar-refractivity contribution < 1.29 is 13.9 Å². The minimum absolute atomic E-state index is 0.0497. The maximum absolute atomic E-state index is 13.9. The summed E-state index contributed by atoms with van der Waals surface area (Å²) >= 11 is 5.70. The number of nitrogens with one attached hydrogen (secondary N) is 1. The molecule has 0 fully saturated rings. The standard InChI is InChI=1S/C20H15ClFN5O3/c1-12-2-5-14(6-3-12)30-19-18-25-27(20(29)26(18)9-8-23-19)11-17(28)24-16-7-4-13(21)10-15(16)22/h2-10H,11H2,1H3,(H,24,28). The van der Waals surface area contributed by atoms with Crippen molar-refractivity contribution in [2.24, 2.45) is 0 Å². The average molecular weight is 428 g/mol. The maximum Gasteiger partial charge on any atom is 0.351 e. The third kappa shape index (κ3) is 4.01. The lowest BCUT2D eigenvalue weighted by molar-refractivity contribution is -0.117. The highest BCUT2D eigenvalue weighted by Crippen LogP contribution is 2.22. The summed E-state index contributed by atoms with van der Waals surface area (Å²) in [5.74, 6) is -0.674. The Hall–Kier alpha value is -3.72. The van der Waals surface area contributed by atoms with Gasteiger partial charge < -0.3 is 10.1 Å². The molecule has 0 aliphatic rings. The van der Waals surface area contributed by atoms with Gasteiger partial charge >= 0.3 is 5.69 Å². The molecule has 1 amide bonds.